The van der Waals surface area contributed by atoms with Gasteiger partial charge in [0.1, 0.15) is 0 Å². The zero-order valence-corrected chi connectivity index (χ0v) is 28.2. The van der Waals surface area contributed by atoms with Crippen LogP contribution in [-0.2, 0) is 0 Å². The first-order chi connectivity index (χ1) is 26.1. The van der Waals surface area contributed by atoms with Gasteiger partial charge in [-0.05, 0) is 124 Å². The first-order valence-electron chi connectivity index (χ1n) is 16.6. The molecule has 0 aliphatic heterocycles. The van der Waals surface area contributed by atoms with Crippen molar-refractivity contribution in [1.29, 1.82) is 10.5 Å². The van der Waals surface area contributed by atoms with E-state index < -0.39 is 34.9 Å². The fraction of sp³-hybridized carbons (Fsp3) is 0.0222. The molecule has 0 saturated carbocycles. The number of aromatic nitrogens is 1. The van der Waals surface area contributed by atoms with Crippen molar-refractivity contribution in [2.45, 2.75) is 6.92 Å². The maximum atomic E-state index is 14.4. The lowest BCUT2D eigenvalue weighted by molar-refractivity contribution is 0.447. The van der Waals surface area contributed by atoms with Gasteiger partial charge in [-0.2, -0.15) is 10.5 Å². The smallest absolute Gasteiger partial charge is 0.194 e. The number of benzene rings is 7. The zero-order valence-electron chi connectivity index (χ0n) is 28.2. The van der Waals surface area contributed by atoms with Crippen LogP contribution in [0.5, 0.6) is 0 Å². The van der Waals surface area contributed by atoms with E-state index in [0.29, 0.717) is 16.7 Å². The summed E-state index contributed by atoms with van der Waals surface area (Å²) >= 11 is 0. The third-order valence-corrected chi connectivity index (χ3v) is 9.59. The van der Waals surface area contributed by atoms with E-state index in [2.05, 4.69) is 47.9 Å². The molecule has 260 valence electrons. The van der Waals surface area contributed by atoms with Crippen molar-refractivity contribution in [3.05, 3.63) is 173 Å². The van der Waals surface area contributed by atoms with Crippen molar-refractivity contribution in [2.75, 3.05) is 0 Å². The summed E-state index contributed by atoms with van der Waals surface area (Å²) in [5.74, 6) is -9.19. The van der Waals surface area contributed by atoms with Gasteiger partial charge in [0.2, 0.25) is 0 Å². The van der Waals surface area contributed by atoms with Crippen molar-refractivity contribution in [3.8, 4) is 62.3 Å². The van der Waals surface area contributed by atoms with Gasteiger partial charge in [0, 0.05) is 22.0 Å². The van der Waals surface area contributed by atoms with Gasteiger partial charge in [0.05, 0.1) is 34.3 Å². The Kier molecular flexibility index (Phi) is 8.28. The molecular weight excluding hydrogens is 697 g/mol. The first kappa shape index (κ1) is 34.0. The topological polar surface area (TPSA) is 52.5 Å². The van der Waals surface area contributed by atoms with Gasteiger partial charge < -0.3 is 4.57 Å². The predicted molar refractivity (Wildman–Crippen MR) is 196 cm³/mol. The second kappa shape index (κ2) is 13.1. The van der Waals surface area contributed by atoms with Gasteiger partial charge in [-0.3, -0.25) is 0 Å². The molecule has 0 aliphatic carbocycles. The number of hydrogen-bond acceptors (Lipinski definition) is 2. The molecule has 0 spiro atoms. The van der Waals surface area contributed by atoms with E-state index in [1.807, 2.05) is 42.5 Å². The highest BCUT2D eigenvalue weighted by Gasteiger charge is 2.20. The highest BCUT2D eigenvalue weighted by Crippen LogP contribution is 2.39. The Morgan fingerprint density at radius 2 is 0.907 bits per heavy atom. The van der Waals surface area contributed by atoms with Crippen LogP contribution in [0.25, 0.3) is 72.0 Å². The van der Waals surface area contributed by atoms with Crippen molar-refractivity contribution in [3.63, 3.8) is 0 Å². The van der Waals surface area contributed by atoms with Gasteiger partial charge in [-0.25, -0.2) is 26.3 Å². The fourth-order valence-electron chi connectivity index (χ4n) is 7.10. The Morgan fingerprint density at radius 3 is 1.41 bits per heavy atom. The van der Waals surface area contributed by atoms with Crippen LogP contribution in [0.15, 0.2) is 121 Å². The number of halogens is 6. The van der Waals surface area contributed by atoms with E-state index in [1.54, 1.807) is 0 Å². The standard InChI is InChI=1S/C45H23F6N3/c1-24-5-4-7-36-35-6-2-3-8-41(35)54(45(24)36)34-11-9-25(10-12-34)42-32(22-52)16-29(17-33(42)23-53)26-13-27(30-18-37(46)43(50)38(47)19-30)15-28(14-26)31-20-39(48)44(51)40(49)21-31/h2-21H,1H3. The number of aryl methyl sites for hydroxylation is 1. The Bertz CT molecular complexity index is 2770. The normalized spacial score (nSPS) is 11.2. The van der Waals surface area contributed by atoms with Crippen molar-refractivity contribution >= 4 is 21.8 Å². The Labute approximate surface area is 304 Å². The van der Waals surface area contributed by atoms with E-state index in [0.717, 1.165) is 57.3 Å². The lowest BCUT2D eigenvalue weighted by Gasteiger charge is -2.15. The molecule has 0 saturated heterocycles. The van der Waals surface area contributed by atoms with Crippen LogP contribution in [-0.4, -0.2) is 4.57 Å². The molecule has 54 heavy (non-hydrogen) atoms. The Morgan fingerprint density at radius 1 is 0.463 bits per heavy atom. The molecule has 0 N–H and O–H groups in total. The molecule has 0 unspecified atom stereocenters. The molecule has 3 nitrogen and oxygen atoms in total. The van der Waals surface area contributed by atoms with Gasteiger partial charge in [0.25, 0.3) is 0 Å². The summed E-state index contributed by atoms with van der Waals surface area (Å²) in [6.45, 7) is 2.05. The summed E-state index contributed by atoms with van der Waals surface area (Å²) in [6, 6.07) is 36.5. The second-order valence-electron chi connectivity index (χ2n) is 12.8. The minimum absolute atomic E-state index is 0.103. The van der Waals surface area contributed by atoms with Crippen LogP contribution in [0.1, 0.15) is 16.7 Å². The van der Waals surface area contributed by atoms with Crippen molar-refractivity contribution in [1.82, 2.24) is 4.57 Å². The molecule has 0 bridgehead atoms. The third kappa shape index (κ3) is 5.64. The average Bonchev–Trinajstić information content (AvgIpc) is 3.53. The van der Waals surface area contributed by atoms with Gasteiger partial charge in [-0.15, -0.1) is 0 Å². The van der Waals surface area contributed by atoms with E-state index in [1.165, 1.54) is 30.3 Å². The summed E-state index contributed by atoms with van der Waals surface area (Å²) in [6.07, 6.45) is 0. The van der Waals surface area contributed by atoms with Crippen LogP contribution < -0.4 is 0 Å². The molecule has 0 radical (unpaired) electrons. The minimum atomic E-state index is -1.68. The summed E-state index contributed by atoms with van der Waals surface area (Å²) in [7, 11) is 0. The highest BCUT2D eigenvalue weighted by molar-refractivity contribution is 6.10. The molecule has 7 aromatic carbocycles. The molecule has 0 fully saturated rings. The minimum Gasteiger partial charge on any atom is -0.309 e. The lowest BCUT2D eigenvalue weighted by atomic mass is 9.88. The number of hydrogen-bond donors (Lipinski definition) is 0. The highest BCUT2D eigenvalue weighted by atomic mass is 19.2. The lowest BCUT2D eigenvalue weighted by Crippen LogP contribution is -1.97. The Hall–Kier alpha value is -7.10. The maximum Gasteiger partial charge on any atom is 0.194 e. The van der Waals surface area contributed by atoms with E-state index in [-0.39, 0.29) is 38.9 Å². The molecule has 8 rings (SSSR count). The first-order valence-corrected chi connectivity index (χ1v) is 16.6. The van der Waals surface area contributed by atoms with Gasteiger partial charge in [0.15, 0.2) is 34.9 Å². The zero-order chi connectivity index (χ0) is 37.8. The quantitative estimate of drug-likeness (QED) is 0.131. The van der Waals surface area contributed by atoms with Crippen LogP contribution in [0.4, 0.5) is 26.3 Å². The van der Waals surface area contributed by atoms with Gasteiger partial charge >= 0.3 is 0 Å². The third-order valence-electron chi connectivity index (χ3n) is 9.59. The summed E-state index contributed by atoms with van der Waals surface area (Å²) < 4.78 is 87.4. The summed E-state index contributed by atoms with van der Waals surface area (Å²) in [5.41, 5.74) is 5.91. The van der Waals surface area contributed by atoms with E-state index in [4.69, 9.17) is 0 Å². The maximum absolute atomic E-state index is 14.4. The number of nitriles is 2. The monoisotopic (exact) mass is 719 g/mol. The van der Waals surface area contributed by atoms with E-state index >= 15 is 0 Å². The molecule has 0 amide bonds. The van der Waals surface area contributed by atoms with Crippen LogP contribution >= 0.6 is 0 Å². The molecule has 8 aromatic rings. The second-order valence-corrected chi connectivity index (χ2v) is 12.8. The predicted octanol–water partition coefficient (Wildman–Crippen LogP) is 12.3. The largest absolute Gasteiger partial charge is 0.309 e. The molecular formula is C45H23F6N3. The van der Waals surface area contributed by atoms with E-state index in [9.17, 15) is 36.9 Å². The fourth-order valence-corrected chi connectivity index (χ4v) is 7.10. The Balaban J connectivity index is 1.27. The number of fused-ring (bicyclic) bond motifs is 3. The molecule has 1 heterocycles. The van der Waals surface area contributed by atoms with Gasteiger partial charge in [-0.1, -0.05) is 48.5 Å². The van der Waals surface area contributed by atoms with Crippen LogP contribution in [0.2, 0.25) is 0 Å². The molecule has 9 heteroatoms. The molecule has 0 aliphatic rings. The van der Waals surface area contributed by atoms with Crippen LogP contribution in [0, 0.1) is 64.5 Å². The average molecular weight is 720 g/mol. The summed E-state index contributed by atoms with van der Waals surface area (Å²) in [5, 5.41) is 23.0. The van der Waals surface area contributed by atoms with Crippen molar-refractivity contribution in [2.24, 2.45) is 0 Å². The molecule has 0 atom stereocenters. The molecule has 1 aromatic heterocycles. The SMILES string of the molecule is Cc1cccc2c3ccccc3n(-c3ccc(-c4c(C#N)cc(-c5cc(-c6cc(F)c(F)c(F)c6)cc(-c6cc(F)c(F)c(F)c6)c5)cc4C#N)cc3)c12. The summed E-state index contributed by atoms with van der Waals surface area (Å²) in [4.78, 5) is 0. The number of rotatable bonds is 5. The number of para-hydroxylation sites is 2. The van der Waals surface area contributed by atoms with Crippen molar-refractivity contribution < 1.29 is 26.3 Å². The number of nitrogens with zero attached hydrogens (tertiary/aromatic N) is 3. The van der Waals surface area contributed by atoms with Crippen LogP contribution in [0.3, 0.4) is 0 Å².